The molecule has 0 unspecified atom stereocenters. The maximum atomic E-state index is 12.4. The highest BCUT2D eigenvalue weighted by molar-refractivity contribution is 9.10. The highest BCUT2D eigenvalue weighted by Crippen LogP contribution is 2.36. The first-order valence-electron chi connectivity index (χ1n) is 12.4. The second kappa shape index (κ2) is 14.1. The average molecular weight is 595 g/mol. The Balaban J connectivity index is 1.62. The van der Waals surface area contributed by atoms with Crippen molar-refractivity contribution in [1.82, 2.24) is 5.43 Å². The second-order valence-corrected chi connectivity index (χ2v) is 9.42. The molecule has 204 valence electrons. The molecule has 0 aliphatic carbocycles. The first kappa shape index (κ1) is 29.4. The lowest BCUT2D eigenvalue weighted by molar-refractivity contribution is -0.136. The molecule has 0 radical (unpaired) electrons. The van der Waals surface area contributed by atoms with E-state index < -0.39 is 11.8 Å². The monoisotopic (exact) mass is 594 g/mol. The zero-order valence-electron chi connectivity index (χ0n) is 22.3. The fourth-order valence-corrected chi connectivity index (χ4v) is 4.20. The van der Waals surface area contributed by atoms with E-state index in [-0.39, 0.29) is 12.5 Å². The van der Waals surface area contributed by atoms with Crippen molar-refractivity contribution in [2.75, 3.05) is 23.8 Å². The van der Waals surface area contributed by atoms with Gasteiger partial charge >= 0.3 is 11.8 Å². The van der Waals surface area contributed by atoms with Gasteiger partial charge in [0.1, 0.15) is 0 Å². The molecule has 3 rings (SSSR count). The molecule has 0 atom stereocenters. The largest absolute Gasteiger partial charge is 0.490 e. The zero-order valence-corrected chi connectivity index (χ0v) is 23.8. The summed E-state index contributed by atoms with van der Waals surface area (Å²) < 4.78 is 12.0. The highest BCUT2D eigenvalue weighted by Gasteiger charge is 2.16. The van der Waals surface area contributed by atoms with Gasteiger partial charge in [-0.1, -0.05) is 37.3 Å². The number of aryl methyl sites for hydroxylation is 3. The molecule has 3 N–H and O–H groups in total. The summed E-state index contributed by atoms with van der Waals surface area (Å²) in [6, 6.07) is 16.5. The van der Waals surface area contributed by atoms with E-state index in [1.54, 1.807) is 12.1 Å². The number of carbonyl (C=O) groups is 3. The first-order valence-corrected chi connectivity index (χ1v) is 13.2. The van der Waals surface area contributed by atoms with Gasteiger partial charge < -0.3 is 20.1 Å². The summed E-state index contributed by atoms with van der Waals surface area (Å²) in [5, 5.41) is 9.30. The van der Waals surface area contributed by atoms with Crippen LogP contribution in [0, 0.1) is 13.8 Å². The van der Waals surface area contributed by atoms with Crippen LogP contribution >= 0.6 is 15.9 Å². The number of benzene rings is 3. The number of hydrazone groups is 1. The maximum absolute atomic E-state index is 12.4. The van der Waals surface area contributed by atoms with E-state index in [2.05, 4.69) is 44.0 Å². The van der Waals surface area contributed by atoms with Crippen LogP contribution in [0.2, 0.25) is 0 Å². The Morgan fingerprint density at radius 3 is 2.26 bits per heavy atom. The Morgan fingerprint density at radius 2 is 1.62 bits per heavy atom. The van der Waals surface area contributed by atoms with Crippen molar-refractivity contribution < 1.29 is 23.9 Å². The van der Waals surface area contributed by atoms with Crippen molar-refractivity contribution in [3.8, 4) is 11.5 Å². The fraction of sp³-hybridized carbons (Fsp3) is 0.241. The van der Waals surface area contributed by atoms with E-state index in [0.717, 1.165) is 17.5 Å². The Hall–Kier alpha value is -4.18. The molecular formula is C29H31BrN4O5. The predicted octanol–water partition coefficient (Wildman–Crippen LogP) is 5.13. The number of halogens is 1. The smallest absolute Gasteiger partial charge is 0.329 e. The summed E-state index contributed by atoms with van der Waals surface area (Å²) >= 11 is 3.45. The number of para-hydroxylation sites is 1. The number of anilines is 2. The molecule has 3 amide bonds. The van der Waals surface area contributed by atoms with Gasteiger partial charge in [-0.15, -0.1) is 0 Å². The number of hydrogen-bond donors (Lipinski definition) is 3. The van der Waals surface area contributed by atoms with Gasteiger partial charge in [0, 0.05) is 11.4 Å². The number of carbonyl (C=O) groups excluding carboxylic acids is 3. The van der Waals surface area contributed by atoms with Gasteiger partial charge in [0.25, 0.3) is 5.91 Å². The minimum Gasteiger partial charge on any atom is -0.490 e. The minimum atomic E-state index is -0.909. The fourth-order valence-electron chi connectivity index (χ4n) is 3.62. The Labute approximate surface area is 236 Å². The highest BCUT2D eigenvalue weighted by atomic mass is 79.9. The van der Waals surface area contributed by atoms with E-state index >= 15 is 0 Å². The summed E-state index contributed by atoms with van der Waals surface area (Å²) in [6.07, 6.45) is 2.29. The normalized spacial score (nSPS) is 10.7. The molecule has 0 aliphatic rings. The van der Waals surface area contributed by atoms with Crippen LogP contribution < -0.4 is 25.5 Å². The van der Waals surface area contributed by atoms with Crippen LogP contribution in [0.25, 0.3) is 0 Å². The van der Waals surface area contributed by atoms with Crippen LogP contribution in [0.5, 0.6) is 11.5 Å². The van der Waals surface area contributed by atoms with Crippen molar-refractivity contribution in [1.29, 1.82) is 0 Å². The van der Waals surface area contributed by atoms with Gasteiger partial charge in [-0.2, -0.15) is 5.10 Å². The van der Waals surface area contributed by atoms with E-state index in [1.807, 2.05) is 63.2 Å². The minimum absolute atomic E-state index is 0.229. The van der Waals surface area contributed by atoms with E-state index in [1.165, 1.54) is 11.8 Å². The standard InChI is InChI=1S/C29H31BrN4O5/c1-5-20-10-12-22(13-11-20)32-25(35)17-39-27-23(30)14-21(15-24(27)38-6-2)16-31-34-29(37)28(36)33-26-18(3)8-7-9-19(26)4/h7-16H,5-6,17H2,1-4H3,(H,32,35)(H,33,36)(H,34,37)/b31-16-. The molecule has 0 bridgehead atoms. The van der Waals surface area contributed by atoms with Crippen LogP contribution in [-0.2, 0) is 20.8 Å². The predicted molar refractivity (Wildman–Crippen MR) is 156 cm³/mol. The van der Waals surface area contributed by atoms with E-state index in [4.69, 9.17) is 9.47 Å². The van der Waals surface area contributed by atoms with E-state index in [0.29, 0.717) is 39.5 Å². The maximum Gasteiger partial charge on any atom is 0.329 e. The number of nitrogens with zero attached hydrogens (tertiary/aromatic N) is 1. The van der Waals surface area contributed by atoms with Gasteiger partial charge in [-0.25, -0.2) is 5.43 Å². The third-order valence-electron chi connectivity index (χ3n) is 5.63. The van der Waals surface area contributed by atoms with Crippen molar-refractivity contribution in [3.05, 3.63) is 81.3 Å². The van der Waals surface area contributed by atoms with E-state index in [9.17, 15) is 14.4 Å². The van der Waals surface area contributed by atoms with Crippen molar-refractivity contribution >= 4 is 51.2 Å². The number of hydrogen-bond acceptors (Lipinski definition) is 6. The molecule has 10 heteroatoms. The lowest BCUT2D eigenvalue weighted by Crippen LogP contribution is -2.32. The number of nitrogens with one attached hydrogen (secondary N) is 3. The van der Waals surface area contributed by atoms with Crippen molar-refractivity contribution in [2.24, 2.45) is 5.10 Å². The molecular weight excluding hydrogens is 564 g/mol. The lowest BCUT2D eigenvalue weighted by atomic mass is 10.1. The second-order valence-electron chi connectivity index (χ2n) is 8.57. The van der Waals surface area contributed by atoms with Gasteiger partial charge in [-0.3, -0.25) is 14.4 Å². The molecule has 0 spiro atoms. The summed E-state index contributed by atoms with van der Waals surface area (Å²) in [4.78, 5) is 36.9. The van der Waals surface area contributed by atoms with Gasteiger partial charge in [0.2, 0.25) is 0 Å². The van der Waals surface area contributed by atoms with Crippen LogP contribution in [0.4, 0.5) is 11.4 Å². The van der Waals surface area contributed by atoms with Gasteiger partial charge in [0.05, 0.1) is 17.3 Å². The number of amides is 3. The molecule has 3 aromatic rings. The first-order chi connectivity index (χ1) is 18.7. The molecule has 0 aliphatic heterocycles. The molecule has 0 fully saturated rings. The van der Waals surface area contributed by atoms with Crippen LogP contribution in [-0.4, -0.2) is 37.1 Å². The zero-order chi connectivity index (χ0) is 28.4. The molecule has 0 saturated heterocycles. The summed E-state index contributed by atoms with van der Waals surface area (Å²) in [5.74, 6) is -1.33. The van der Waals surface area contributed by atoms with Crippen LogP contribution in [0.3, 0.4) is 0 Å². The topological polar surface area (TPSA) is 118 Å². The third kappa shape index (κ3) is 8.41. The van der Waals surface area contributed by atoms with Gasteiger partial charge in [0.15, 0.2) is 18.1 Å². The lowest BCUT2D eigenvalue weighted by Gasteiger charge is -2.14. The molecule has 0 heterocycles. The quantitative estimate of drug-likeness (QED) is 0.171. The summed E-state index contributed by atoms with van der Waals surface area (Å²) in [6.45, 7) is 7.70. The summed E-state index contributed by atoms with van der Waals surface area (Å²) in [7, 11) is 0. The summed E-state index contributed by atoms with van der Waals surface area (Å²) in [5.41, 5.74) is 6.93. The molecule has 39 heavy (non-hydrogen) atoms. The molecule has 9 nitrogen and oxygen atoms in total. The van der Waals surface area contributed by atoms with Crippen LogP contribution in [0.1, 0.15) is 36.1 Å². The average Bonchev–Trinajstić information content (AvgIpc) is 2.90. The number of ether oxygens (including phenoxy) is 2. The Kier molecular flexibility index (Phi) is 10.6. The molecule has 0 aromatic heterocycles. The van der Waals surface area contributed by atoms with Crippen molar-refractivity contribution in [3.63, 3.8) is 0 Å². The molecule has 3 aromatic carbocycles. The van der Waals surface area contributed by atoms with Crippen molar-refractivity contribution in [2.45, 2.75) is 34.1 Å². The number of rotatable bonds is 10. The third-order valence-corrected chi connectivity index (χ3v) is 6.22. The Morgan fingerprint density at radius 1 is 0.923 bits per heavy atom. The molecule has 0 saturated carbocycles. The van der Waals surface area contributed by atoms with Gasteiger partial charge in [-0.05, 0) is 89.6 Å². The van der Waals surface area contributed by atoms with Crippen LogP contribution in [0.15, 0.2) is 64.2 Å². The Bertz CT molecular complexity index is 1350. The SMILES string of the molecule is CCOc1cc(/C=N\NC(=O)C(=O)Nc2c(C)cccc2C)cc(Br)c1OCC(=O)Nc1ccc(CC)cc1.